The standard InChI is InChI=1S/C11H15NO3/c1-11(2,3)15-12(8-13)9-5-4-6-10(14)7-9/h4-8,14H,1-3H3. The van der Waals surface area contributed by atoms with Gasteiger partial charge in [0.1, 0.15) is 5.75 Å². The normalized spacial score (nSPS) is 11.1. The molecule has 0 spiro atoms. The molecule has 1 N–H and O–H groups in total. The van der Waals surface area contributed by atoms with Gasteiger partial charge in [-0.25, -0.2) is 0 Å². The molecule has 0 aliphatic heterocycles. The van der Waals surface area contributed by atoms with Crippen molar-refractivity contribution < 1.29 is 14.7 Å². The molecule has 1 amide bonds. The third-order valence-electron chi connectivity index (χ3n) is 1.55. The minimum absolute atomic E-state index is 0.0943. The number of nitrogens with zero attached hydrogens (tertiary/aromatic N) is 1. The van der Waals surface area contributed by atoms with Gasteiger partial charge in [0.15, 0.2) is 0 Å². The fraction of sp³-hybridized carbons (Fsp3) is 0.364. The van der Waals surface area contributed by atoms with Gasteiger partial charge in [0.2, 0.25) is 6.41 Å². The molecule has 0 unspecified atom stereocenters. The Labute approximate surface area is 89.0 Å². The van der Waals surface area contributed by atoms with Crippen LogP contribution in [0.4, 0.5) is 5.69 Å². The monoisotopic (exact) mass is 209 g/mol. The van der Waals surface area contributed by atoms with Crippen molar-refractivity contribution in [2.45, 2.75) is 26.4 Å². The van der Waals surface area contributed by atoms with Gasteiger partial charge < -0.3 is 5.11 Å². The molecular formula is C11H15NO3. The fourth-order valence-electron chi connectivity index (χ4n) is 1.06. The van der Waals surface area contributed by atoms with Gasteiger partial charge >= 0.3 is 0 Å². The lowest BCUT2D eigenvalue weighted by atomic mass is 10.2. The lowest BCUT2D eigenvalue weighted by Gasteiger charge is -2.26. The van der Waals surface area contributed by atoms with E-state index in [2.05, 4.69) is 0 Å². The molecule has 1 aromatic rings. The number of benzene rings is 1. The fourth-order valence-corrected chi connectivity index (χ4v) is 1.06. The Morgan fingerprint density at radius 3 is 2.53 bits per heavy atom. The van der Waals surface area contributed by atoms with Gasteiger partial charge in [0, 0.05) is 6.07 Å². The number of carbonyl (C=O) groups is 1. The van der Waals surface area contributed by atoms with Crippen LogP contribution in [0, 0.1) is 0 Å². The number of carbonyl (C=O) groups excluding carboxylic acids is 1. The third kappa shape index (κ3) is 3.59. The quantitative estimate of drug-likeness (QED) is 0.612. The topological polar surface area (TPSA) is 49.8 Å². The smallest absolute Gasteiger partial charge is 0.238 e. The first-order chi connectivity index (χ1) is 6.92. The minimum atomic E-state index is -0.466. The Hall–Kier alpha value is -1.55. The molecule has 4 nitrogen and oxygen atoms in total. The summed E-state index contributed by atoms with van der Waals surface area (Å²) >= 11 is 0. The van der Waals surface area contributed by atoms with Gasteiger partial charge in [-0.05, 0) is 32.9 Å². The minimum Gasteiger partial charge on any atom is -0.508 e. The molecule has 0 aliphatic carbocycles. The summed E-state index contributed by atoms with van der Waals surface area (Å²) in [7, 11) is 0. The Kier molecular flexibility index (Phi) is 3.31. The van der Waals surface area contributed by atoms with E-state index in [0.29, 0.717) is 12.1 Å². The maximum absolute atomic E-state index is 10.8. The summed E-state index contributed by atoms with van der Waals surface area (Å²) in [4.78, 5) is 16.2. The Balaban J connectivity index is 2.88. The molecule has 0 bridgehead atoms. The number of phenols is 1. The zero-order valence-electron chi connectivity index (χ0n) is 9.10. The number of aromatic hydroxyl groups is 1. The third-order valence-corrected chi connectivity index (χ3v) is 1.55. The second kappa shape index (κ2) is 4.31. The summed E-state index contributed by atoms with van der Waals surface area (Å²) < 4.78 is 0. The number of rotatable bonds is 3. The van der Waals surface area contributed by atoms with E-state index in [-0.39, 0.29) is 5.75 Å². The molecular weight excluding hydrogens is 194 g/mol. The van der Waals surface area contributed by atoms with Crippen LogP contribution in [0.5, 0.6) is 5.75 Å². The van der Waals surface area contributed by atoms with E-state index < -0.39 is 5.60 Å². The van der Waals surface area contributed by atoms with Gasteiger partial charge in [-0.3, -0.25) is 9.63 Å². The molecule has 82 valence electrons. The van der Waals surface area contributed by atoms with Gasteiger partial charge in [-0.2, -0.15) is 5.06 Å². The molecule has 15 heavy (non-hydrogen) atoms. The molecule has 1 aromatic carbocycles. The van der Waals surface area contributed by atoms with E-state index in [0.717, 1.165) is 5.06 Å². The molecule has 0 saturated heterocycles. The number of hydroxylamine groups is 1. The molecule has 4 heteroatoms. The Morgan fingerprint density at radius 1 is 1.40 bits per heavy atom. The number of amides is 1. The number of anilines is 1. The highest BCUT2D eigenvalue weighted by molar-refractivity contribution is 5.72. The van der Waals surface area contributed by atoms with Gasteiger partial charge in [-0.1, -0.05) is 6.07 Å². The first-order valence-corrected chi connectivity index (χ1v) is 4.65. The molecule has 0 saturated carbocycles. The average molecular weight is 209 g/mol. The maximum Gasteiger partial charge on any atom is 0.238 e. The molecule has 0 fully saturated rings. The van der Waals surface area contributed by atoms with Crippen molar-refractivity contribution in [3.63, 3.8) is 0 Å². The summed E-state index contributed by atoms with van der Waals surface area (Å²) in [5, 5.41) is 10.4. The van der Waals surface area contributed by atoms with Crippen LogP contribution < -0.4 is 5.06 Å². The van der Waals surface area contributed by atoms with Crippen molar-refractivity contribution >= 4 is 12.1 Å². The van der Waals surface area contributed by atoms with Crippen LogP contribution >= 0.6 is 0 Å². The molecule has 0 aliphatic rings. The second-order valence-electron chi connectivity index (χ2n) is 4.15. The summed E-state index contributed by atoms with van der Waals surface area (Å²) in [6.45, 7) is 5.52. The van der Waals surface area contributed by atoms with Crippen LogP contribution in [-0.4, -0.2) is 17.1 Å². The van der Waals surface area contributed by atoms with Crippen LogP contribution in [0.3, 0.4) is 0 Å². The Bertz CT molecular complexity index is 344. The first kappa shape index (κ1) is 11.5. The van der Waals surface area contributed by atoms with E-state index in [9.17, 15) is 9.90 Å². The van der Waals surface area contributed by atoms with Crippen molar-refractivity contribution in [3.8, 4) is 5.75 Å². The lowest BCUT2D eigenvalue weighted by Crippen LogP contribution is -2.32. The molecule has 0 radical (unpaired) electrons. The lowest BCUT2D eigenvalue weighted by molar-refractivity contribution is -0.120. The maximum atomic E-state index is 10.8. The van der Waals surface area contributed by atoms with Crippen molar-refractivity contribution in [3.05, 3.63) is 24.3 Å². The molecule has 0 atom stereocenters. The SMILES string of the molecule is CC(C)(C)ON(C=O)c1cccc(O)c1. The predicted octanol–water partition coefficient (Wildman–Crippen LogP) is 2.09. The summed E-state index contributed by atoms with van der Waals surface area (Å²) in [5.41, 5.74) is 0.0340. The van der Waals surface area contributed by atoms with Crippen molar-refractivity contribution in [1.82, 2.24) is 0 Å². The zero-order chi connectivity index (χ0) is 11.5. The number of phenolic OH excluding ortho intramolecular Hbond substituents is 1. The highest BCUT2D eigenvalue weighted by Gasteiger charge is 2.17. The summed E-state index contributed by atoms with van der Waals surface area (Å²) in [6, 6.07) is 6.32. The van der Waals surface area contributed by atoms with E-state index in [4.69, 9.17) is 4.84 Å². The van der Waals surface area contributed by atoms with E-state index in [1.165, 1.54) is 12.1 Å². The van der Waals surface area contributed by atoms with Gasteiger partial charge in [0.05, 0.1) is 11.3 Å². The van der Waals surface area contributed by atoms with Gasteiger partial charge in [-0.15, -0.1) is 0 Å². The van der Waals surface area contributed by atoms with Crippen molar-refractivity contribution in [2.75, 3.05) is 5.06 Å². The highest BCUT2D eigenvalue weighted by atomic mass is 16.7. The van der Waals surface area contributed by atoms with Crippen LogP contribution in [-0.2, 0) is 9.63 Å². The van der Waals surface area contributed by atoms with E-state index in [1.54, 1.807) is 12.1 Å². The van der Waals surface area contributed by atoms with E-state index >= 15 is 0 Å². The number of hydrogen-bond donors (Lipinski definition) is 1. The van der Waals surface area contributed by atoms with Gasteiger partial charge in [0.25, 0.3) is 0 Å². The van der Waals surface area contributed by atoms with Crippen LogP contribution in [0.25, 0.3) is 0 Å². The summed E-state index contributed by atoms with van der Waals surface area (Å²) in [5.74, 6) is 0.0943. The average Bonchev–Trinajstić information content (AvgIpc) is 2.13. The second-order valence-corrected chi connectivity index (χ2v) is 4.15. The zero-order valence-corrected chi connectivity index (χ0v) is 9.10. The largest absolute Gasteiger partial charge is 0.508 e. The van der Waals surface area contributed by atoms with Crippen LogP contribution in [0.15, 0.2) is 24.3 Å². The number of hydrogen-bond acceptors (Lipinski definition) is 3. The molecule has 0 heterocycles. The van der Waals surface area contributed by atoms with Crippen molar-refractivity contribution in [1.29, 1.82) is 0 Å². The van der Waals surface area contributed by atoms with Crippen LogP contribution in [0.2, 0.25) is 0 Å². The molecule has 0 aromatic heterocycles. The predicted molar refractivity (Wildman–Crippen MR) is 57.5 cm³/mol. The first-order valence-electron chi connectivity index (χ1n) is 4.65. The summed E-state index contributed by atoms with van der Waals surface area (Å²) in [6.07, 6.45) is 0.569. The Morgan fingerprint density at radius 2 is 2.07 bits per heavy atom. The molecule has 1 rings (SSSR count). The highest BCUT2D eigenvalue weighted by Crippen LogP contribution is 2.21. The van der Waals surface area contributed by atoms with Crippen LogP contribution in [0.1, 0.15) is 20.8 Å². The van der Waals surface area contributed by atoms with E-state index in [1.807, 2.05) is 20.8 Å². The van der Waals surface area contributed by atoms with Crippen molar-refractivity contribution in [2.24, 2.45) is 0 Å².